The molecule has 0 aliphatic heterocycles. The lowest BCUT2D eigenvalue weighted by Gasteiger charge is -2.11. The summed E-state index contributed by atoms with van der Waals surface area (Å²) in [4.78, 5) is 11.3. The van der Waals surface area contributed by atoms with E-state index >= 15 is 0 Å². The average Bonchev–Trinajstić information content (AvgIpc) is 2.35. The van der Waals surface area contributed by atoms with Crippen molar-refractivity contribution in [2.75, 3.05) is 18.4 Å². The van der Waals surface area contributed by atoms with Gasteiger partial charge in [0.25, 0.3) is 0 Å². The SMILES string of the molecule is N#CCCNC(=O)CNc1cccc(OC(F)(F)F)c1. The summed E-state index contributed by atoms with van der Waals surface area (Å²) in [5.41, 5.74) is 0.321. The van der Waals surface area contributed by atoms with Gasteiger partial charge in [-0.1, -0.05) is 6.07 Å². The lowest BCUT2D eigenvalue weighted by atomic mass is 10.3. The highest BCUT2D eigenvalue weighted by atomic mass is 19.4. The second kappa shape index (κ2) is 7.23. The van der Waals surface area contributed by atoms with Gasteiger partial charge in [-0.3, -0.25) is 4.79 Å². The number of anilines is 1. The van der Waals surface area contributed by atoms with E-state index in [2.05, 4.69) is 15.4 Å². The minimum Gasteiger partial charge on any atom is -0.406 e. The van der Waals surface area contributed by atoms with Crippen LogP contribution in [-0.4, -0.2) is 25.4 Å². The van der Waals surface area contributed by atoms with Crippen LogP contribution in [0.3, 0.4) is 0 Å². The van der Waals surface area contributed by atoms with Crippen molar-refractivity contribution in [1.29, 1.82) is 5.26 Å². The number of hydrogen-bond donors (Lipinski definition) is 2. The number of hydrogen-bond acceptors (Lipinski definition) is 4. The van der Waals surface area contributed by atoms with Gasteiger partial charge in [0.15, 0.2) is 0 Å². The number of carbonyl (C=O) groups excluding carboxylic acids is 1. The van der Waals surface area contributed by atoms with Gasteiger partial charge in [0.05, 0.1) is 19.0 Å². The molecule has 0 saturated carbocycles. The molecule has 1 rings (SSSR count). The van der Waals surface area contributed by atoms with Crippen molar-refractivity contribution >= 4 is 11.6 Å². The van der Waals surface area contributed by atoms with Crippen LogP contribution in [0.15, 0.2) is 24.3 Å². The Morgan fingerprint density at radius 3 is 2.80 bits per heavy atom. The highest BCUT2D eigenvalue weighted by Gasteiger charge is 2.31. The molecule has 5 nitrogen and oxygen atoms in total. The van der Waals surface area contributed by atoms with Crippen molar-refractivity contribution in [3.8, 4) is 11.8 Å². The van der Waals surface area contributed by atoms with Gasteiger partial charge in [0, 0.05) is 18.3 Å². The summed E-state index contributed by atoms with van der Waals surface area (Å²) in [6.45, 7) is 0.120. The minimum atomic E-state index is -4.76. The second-order valence-electron chi connectivity index (χ2n) is 3.69. The molecule has 108 valence electrons. The van der Waals surface area contributed by atoms with E-state index in [1.54, 1.807) is 0 Å². The molecule has 0 radical (unpaired) electrons. The summed E-state index contributed by atoms with van der Waals surface area (Å²) in [5.74, 6) is -0.727. The molecule has 0 bridgehead atoms. The normalized spacial score (nSPS) is 10.5. The van der Waals surface area contributed by atoms with Gasteiger partial charge in [-0.05, 0) is 12.1 Å². The Balaban J connectivity index is 2.46. The molecule has 1 amide bonds. The topological polar surface area (TPSA) is 74.2 Å². The molecule has 2 N–H and O–H groups in total. The molecule has 20 heavy (non-hydrogen) atoms. The van der Waals surface area contributed by atoms with Gasteiger partial charge >= 0.3 is 6.36 Å². The summed E-state index contributed by atoms with van der Waals surface area (Å²) in [5, 5.41) is 13.4. The third-order valence-corrected chi connectivity index (χ3v) is 2.08. The van der Waals surface area contributed by atoms with E-state index in [-0.39, 0.29) is 31.2 Å². The quantitative estimate of drug-likeness (QED) is 0.785. The van der Waals surface area contributed by atoms with E-state index in [1.165, 1.54) is 12.1 Å². The highest BCUT2D eigenvalue weighted by molar-refractivity contribution is 5.80. The van der Waals surface area contributed by atoms with Gasteiger partial charge in [0.2, 0.25) is 5.91 Å². The molecular weight excluding hydrogens is 275 g/mol. The van der Waals surface area contributed by atoms with Crippen LogP contribution in [0.1, 0.15) is 6.42 Å². The summed E-state index contributed by atoms with van der Waals surface area (Å²) in [6.07, 6.45) is -4.56. The molecule has 1 aromatic rings. The number of amides is 1. The van der Waals surface area contributed by atoms with Crippen molar-refractivity contribution < 1.29 is 22.7 Å². The molecule has 0 spiro atoms. The number of nitriles is 1. The number of nitrogens with one attached hydrogen (secondary N) is 2. The first-order chi connectivity index (χ1) is 9.40. The number of carbonyl (C=O) groups is 1. The van der Waals surface area contributed by atoms with E-state index in [0.29, 0.717) is 5.69 Å². The van der Waals surface area contributed by atoms with Gasteiger partial charge in [-0.15, -0.1) is 13.2 Å². The van der Waals surface area contributed by atoms with E-state index in [1.807, 2.05) is 6.07 Å². The fourth-order valence-corrected chi connectivity index (χ4v) is 1.31. The molecule has 0 aromatic heterocycles. The number of benzene rings is 1. The zero-order valence-corrected chi connectivity index (χ0v) is 10.3. The molecular formula is C12H12F3N3O2. The molecule has 1 aromatic carbocycles. The zero-order chi connectivity index (χ0) is 15.0. The Labute approximate surface area is 113 Å². The Bertz CT molecular complexity index is 497. The van der Waals surface area contributed by atoms with Crippen LogP contribution in [0.2, 0.25) is 0 Å². The third-order valence-electron chi connectivity index (χ3n) is 2.08. The maximum atomic E-state index is 12.0. The Kier molecular flexibility index (Phi) is 5.65. The van der Waals surface area contributed by atoms with Gasteiger partial charge in [-0.2, -0.15) is 5.26 Å². The van der Waals surface area contributed by atoms with Gasteiger partial charge in [-0.25, -0.2) is 0 Å². The maximum absolute atomic E-state index is 12.0. The van der Waals surface area contributed by atoms with Crippen molar-refractivity contribution in [2.45, 2.75) is 12.8 Å². The lowest BCUT2D eigenvalue weighted by molar-refractivity contribution is -0.274. The van der Waals surface area contributed by atoms with Crippen LogP contribution in [0.25, 0.3) is 0 Å². The molecule has 0 unspecified atom stereocenters. The van der Waals surface area contributed by atoms with Crippen LogP contribution in [-0.2, 0) is 4.79 Å². The van der Waals surface area contributed by atoms with E-state index in [0.717, 1.165) is 12.1 Å². The van der Waals surface area contributed by atoms with Crippen LogP contribution < -0.4 is 15.4 Å². The minimum absolute atomic E-state index is 0.110. The van der Waals surface area contributed by atoms with Crippen molar-refractivity contribution in [1.82, 2.24) is 5.32 Å². The lowest BCUT2D eigenvalue weighted by Crippen LogP contribution is -2.30. The van der Waals surface area contributed by atoms with Crippen molar-refractivity contribution in [2.24, 2.45) is 0 Å². The molecule has 0 atom stereocenters. The van der Waals surface area contributed by atoms with Crippen molar-refractivity contribution in [3.63, 3.8) is 0 Å². The number of ether oxygens (including phenoxy) is 1. The fourth-order valence-electron chi connectivity index (χ4n) is 1.31. The predicted molar refractivity (Wildman–Crippen MR) is 64.9 cm³/mol. The third kappa shape index (κ3) is 6.49. The first-order valence-corrected chi connectivity index (χ1v) is 5.64. The van der Waals surface area contributed by atoms with Crippen LogP contribution in [0.4, 0.5) is 18.9 Å². The molecule has 0 fully saturated rings. The summed E-state index contributed by atoms with van der Waals surface area (Å²) >= 11 is 0. The van der Waals surface area contributed by atoms with E-state index < -0.39 is 6.36 Å². The monoisotopic (exact) mass is 287 g/mol. The highest BCUT2D eigenvalue weighted by Crippen LogP contribution is 2.24. The number of rotatable bonds is 6. The second-order valence-corrected chi connectivity index (χ2v) is 3.69. The average molecular weight is 287 g/mol. The molecule has 0 heterocycles. The largest absolute Gasteiger partial charge is 0.573 e. The van der Waals surface area contributed by atoms with E-state index in [9.17, 15) is 18.0 Å². The van der Waals surface area contributed by atoms with Crippen LogP contribution in [0.5, 0.6) is 5.75 Å². The summed E-state index contributed by atoms with van der Waals surface area (Å²) < 4.78 is 39.8. The molecule has 8 heteroatoms. The van der Waals surface area contributed by atoms with Crippen molar-refractivity contribution in [3.05, 3.63) is 24.3 Å². The smallest absolute Gasteiger partial charge is 0.406 e. The predicted octanol–water partition coefficient (Wildman–Crippen LogP) is 2.03. The van der Waals surface area contributed by atoms with Gasteiger partial charge < -0.3 is 15.4 Å². The Morgan fingerprint density at radius 1 is 1.40 bits per heavy atom. The first kappa shape index (κ1) is 15.6. The number of nitrogens with zero attached hydrogens (tertiary/aromatic N) is 1. The molecule has 0 aliphatic rings. The first-order valence-electron chi connectivity index (χ1n) is 5.64. The Hall–Kier alpha value is -2.43. The van der Waals surface area contributed by atoms with Crippen LogP contribution >= 0.6 is 0 Å². The van der Waals surface area contributed by atoms with E-state index in [4.69, 9.17) is 5.26 Å². The fraction of sp³-hybridized carbons (Fsp3) is 0.333. The molecule has 0 saturated heterocycles. The number of alkyl halides is 3. The number of halogens is 3. The van der Waals surface area contributed by atoms with Crippen LogP contribution in [0, 0.1) is 11.3 Å². The Morgan fingerprint density at radius 2 is 2.15 bits per heavy atom. The summed E-state index contributed by atoms with van der Waals surface area (Å²) in [7, 11) is 0. The zero-order valence-electron chi connectivity index (χ0n) is 10.3. The summed E-state index contributed by atoms with van der Waals surface area (Å²) in [6, 6.07) is 7.04. The maximum Gasteiger partial charge on any atom is 0.573 e. The standard InChI is InChI=1S/C12H12F3N3O2/c13-12(14,15)20-10-4-1-3-9(7-10)18-8-11(19)17-6-2-5-16/h1,3-4,7,18H,2,6,8H2,(H,17,19). The molecule has 0 aliphatic carbocycles. The van der Waals surface area contributed by atoms with Gasteiger partial charge in [0.1, 0.15) is 5.75 Å².